The minimum absolute atomic E-state index is 0. The highest BCUT2D eigenvalue weighted by molar-refractivity contribution is 7.90. The number of nitrogens with one attached hydrogen (secondary N) is 2. The van der Waals surface area contributed by atoms with E-state index >= 15 is 0 Å². The van der Waals surface area contributed by atoms with Crippen molar-refractivity contribution in [1.82, 2.24) is 10.0 Å². The predicted octanol–water partition coefficient (Wildman–Crippen LogP) is 0.000400. The van der Waals surface area contributed by atoms with Crippen LogP contribution in [0.15, 0.2) is 34.2 Å². The molecule has 0 radical (unpaired) electrons. The zero-order valence-corrected chi connectivity index (χ0v) is 14.0. The monoisotopic (exact) mass is 358 g/mol. The molecule has 2 aliphatic rings. The van der Waals surface area contributed by atoms with Crippen molar-refractivity contribution in [3.63, 3.8) is 0 Å². The van der Waals surface area contributed by atoms with Crippen LogP contribution in [-0.4, -0.2) is 39.3 Å². The van der Waals surface area contributed by atoms with Gasteiger partial charge in [-0.2, -0.15) is 0 Å². The summed E-state index contributed by atoms with van der Waals surface area (Å²) in [5.41, 5.74) is 6.39. The number of rotatable bonds is 5. The Kier molecular flexibility index (Phi) is 5.28. The van der Waals surface area contributed by atoms with E-state index in [0.29, 0.717) is 18.0 Å². The van der Waals surface area contributed by atoms with Crippen LogP contribution >= 0.6 is 12.4 Å². The van der Waals surface area contributed by atoms with Crippen LogP contribution in [0.5, 0.6) is 0 Å². The van der Waals surface area contributed by atoms with Crippen molar-refractivity contribution in [2.45, 2.75) is 23.8 Å². The first-order valence-electron chi connectivity index (χ1n) is 7.16. The van der Waals surface area contributed by atoms with Crippen LogP contribution in [0.25, 0.3) is 0 Å². The predicted molar refractivity (Wildman–Crippen MR) is 89.1 cm³/mol. The molecule has 4 N–H and O–H groups in total. The van der Waals surface area contributed by atoms with Crippen molar-refractivity contribution in [3.8, 4) is 0 Å². The lowest BCUT2D eigenvalue weighted by Gasteiger charge is -2.10. The van der Waals surface area contributed by atoms with Crippen molar-refractivity contribution in [3.05, 3.63) is 29.8 Å². The number of nitrogens with two attached hydrogens (primary N) is 1. The Balaban J connectivity index is 0.00000192. The molecule has 0 saturated heterocycles. The van der Waals surface area contributed by atoms with Crippen LogP contribution in [-0.2, 0) is 14.8 Å². The number of sulfonamides is 1. The molecule has 3 rings (SSSR count). The number of amidine groups is 1. The van der Waals surface area contributed by atoms with Gasteiger partial charge in [0, 0.05) is 18.2 Å². The third kappa shape index (κ3) is 4.01. The summed E-state index contributed by atoms with van der Waals surface area (Å²) in [6.07, 6.45) is 2.25. The molecule has 0 spiro atoms. The fraction of sp³-hybridized carbons (Fsp3) is 0.429. The molecular formula is C14H19ClN4O3S. The number of carbonyl (C=O) groups excluding carboxylic acids is 1. The summed E-state index contributed by atoms with van der Waals surface area (Å²) in [4.78, 5) is 16.0. The molecule has 9 heteroatoms. The maximum absolute atomic E-state index is 11.9. The van der Waals surface area contributed by atoms with E-state index in [-0.39, 0.29) is 41.6 Å². The maximum atomic E-state index is 11.9. The van der Waals surface area contributed by atoms with Crippen LogP contribution < -0.4 is 15.8 Å². The van der Waals surface area contributed by atoms with E-state index in [2.05, 4.69) is 15.0 Å². The summed E-state index contributed by atoms with van der Waals surface area (Å²) in [5.74, 6) is 0.449. The normalized spacial score (nSPS) is 21.0. The molecule has 1 unspecified atom stereocenters. The van der Waals surface area contributed by atoms with Gasteiger partial charge in [-0.1, -0.05) is 12.1 Å². The lowest BCUT2D eigenvalue weighted by Crippen LogP contribution is -2.39. The SMILES string of the molecule is Cl.NC(CNC(=O)CN=C1NS(=O)(=O)c2ccccc21)C1CC1. The lowest BCUT2D eigenvalue weighted by molar-refractivity contribution is -0.119. The second-order valence-electron chi connectivity index (χ2n) is 5.57. The maximum Gasteiger partial charge on any atom is 0.263 e. The molecule has 1 aromatic rings. The van der Waals surface area contributed by atoms with E-state index in [1.54, 1.807) is 18.2 Å². The van der Waals surface area contributed by atoms with E-state index in [1.807, 2.05) is 0 Å². The summed E-state index contributed by atoms with van der Waals surface area (Å²) in [7, 11) is -3.56. The number of fused-ring (bicyclic) bond motifs is 1. The summed E-state index contributed by atoms with van der Waals surface area (Å²) in [6.45, 7) is 0.292. The van der Waals surface area contributed by atoms with Gasteiger partial charge in [0.25, 0.3) is 10.0 Å². The molecule has 7 nitrogen and oxygen atoms in total. The Labute approximate surface area is 141 Å². The van der Waals surface area contributed by atoms with Gasteiger partial charge in [-0.15, -0.1) is 12.4 Å². The topological polar surface area (TPSA) is 114 Å². The third-order valence-corrected chi connectivity index (χ3v) is 5.20. The molecule has 0 bridgehead atoms. The van der Waals surface area contributed by atoms with E-state index in [9.17, 15) is 13.2 Å². The van der Waals surface area contributed by atoms with Gasteiger partial charge >= 0.3 is 0 Å². The number of aliphatic imine (C=N–C) groups is 1. The van der Waals surface area contributed by atoms with Crippen molar-refractivity contribution < 1.29 is 13.2 Å². The van der Waals surface area contributed by atoms with Gasteiger partial charge in [-0.05, 0) is 30.9 Å². The minimum atomic E-state index is -3.56. The van der Waals surface area contributed by atoms with Crippen molar-refractivity contribution in [2.24, 2.45) is 16.6 Å². The molecule has 1 saturated carbocycles. The molecule has 1 aliphatic carbocycles. The first-order valence-corrected chi connectivity index (χ1v) is 8.64. The Morgan fingerprint density at radius 3 is 2.78 bits per heavy atom. The minimum Gasteiger partial charge on any atom is -0.353 e. The van der Waals surface area contributed by atoms with Crippen LogP contribution in [0.4, 0.5) is 0 Å². The number of hydrogen-bond donors (Lipinski definition) is 3. The molecule has 1 aromatic carbocycles. The van der Waals surface area contributed by atoms with E-state index in [0.717, 1.165) is 12.8 Å². The van der Waals surface area contributed by atoms with Crippen LogP contribution in [0, 0.1) is 5.92 Å². The number of amides is 1. The molecule has 23 heavy (non-hydrogen) atoms. The summed E-state index contributed by atoms with van der Waals surface area (Å²) < 4.78 is 26.2. The van der Waals surface area contributed by atoms with Gasteiger partial charge < -0.3 is 11.1 Å². The fourth-order valence-corrected chi connectivity index (χ4v) is 3.63. The number of carbonyl (C=O) groups is 1. The third-order valence-electron chi connectivity index (χ3n) is 3.81. The first kappa shape index (κ1) is 17.7. The Morgan fingerprint density at radius 1 is 1.39 bits per heavy atom. The van der Waals surface area contributed by atoms with Gasteiger partial charge in [0.1, 0.15) is 12.4 Å². The Morgan fingerprint density at radius 2 is 2.09 bits per heavy atom. The standard InChI is InChI=1S/C14H18N4O3S.ClH/c15-11(9-5-6-9)7-16-13(19)8-17-14-10-3-1-2-4-12(10)22(20,21)18-14;/h1-4,9,11H,5-8,15H2,(H,16,19)(H,17,18);1H. The molecule has 126 valence electrons. The number of nitrogens with zero attached hydrogens (tertiary/aromatic N) is 1. The molecule has 1 fully saturated rings. The van der Waals surface area contributed by atoms with Gasteiger partial charge in [0.15, 0.2) is 0 Å². The van der Waals surface area contributed by atoms with Gasteiger partial charge in [-0.3, -0.25) is 14.5 Å². The molecule has 0 aromatic heterocycles. The van der Waals surface area contributed by atoms with Crippen molar-refractivity contribution in [2.75, 3.05) is 13.1 Å². The second-order valence-corrected chi connectivity index (χ2v) is 7.22. The average Bonchev–Trinajstić information content (AvgIpc) is 3.30. The van der Waals surface area contributed by atoms with Crippen LogP contribution in [0.2, 0.25) is 0 Å². The first-order chi connectivity index (χ1) is 10.5. The summed E-state index contributed by atoms with van der Waals surface area (Å²) in [6, 6.07) is 6.53. The highest BCUT2D eigenvalue weighted by Crippen LogP contribution is 2.31. The molecule has 1 atom stereocenters. The summed E-state index contributed by atoms with van der Waals surface area (Å²) >= 11 is 0. The van der Waals surface area contributed by atoms with Crippen LogP contribution in [0.1, 0.15) is 18.4 Å². The summed E-state index contributed by atoms with van der Waals surface area (Å²) in [5, 5.41) is 2.72. The Hall–Kier alpha value is -1.64. The van der Waals surface area contributed by atoms with Crippen molar-refractivity contribution >= 4 is 34.2 Å². The van der Waals surface area contributed by atoms with Gasteiger partial charge in [0.2, 0.25) is 5.91 Å². The van der Waals surface area contributed by atoms with Crippen molar-refractivity contribution in [1.29, 1.82) is 0 Å². The number of halogens is 1. The smallest absolute Gasteiger partial charge is 0.263 e. The quantitative estimate of drug-likeness (QED) is 0.687. The highest BCUT2D eigenvalue weighted by Gasteiger charge is 2.30. The number of benzene rings is 1. The van der Waals surface area contributed by atoms with E-state index in [1.165, 1.54) is 6.07 Å². The number of hydrogen-bond acceptors (Lipinski definition) is 5. The van der Waals surface area contributed by atoms with Gasteiger partial charge in [0.05, 0.1) is 4.90 Å². The Bertz CT molecular complexity index is 731. The van der Waals surface area contributed by atoms with Crippen LogP contribution in [0.3, 0.4) is 0 Å². The van der Waals surface area contributed by atoms with Gasteiger partial charge in [-0.25, -0.2) is 8.42 Å². The zero-order chi connectivity index (χ0) is 15.7. The van der Waals surface area contributed by atoms with E-state index < -0.39 is 10.0 Å². The molecule has 1 heterocycles. The van der Waals surface area contributed by atoms with E-state index in [4.69, 9.17) is 5.73 Å². The molecule has 1 aliphatic heterocycles. The highest BCUT2D eigenvalue weighted by atomic mass is 35.5. The largest absolute Gasteiger partial charge is 0.353 e. The second kappa shape index (κ2) is 6.86. The molecule has 1 amide bonds. The molecular weight excluding hydrogens is 340 g/mol. The fourth-order valence-electron chi connectivity index (χ4n) is 2.38. The lowest BCUT2D eigenvalue weighted by atomic mass is 10.2. The average molecular weight is 359 g/mol. The zero-order valence-electron chi connectivity index (χ0n) is 12.4.